The van der Waals surface area contributed by atoms with E-state index in [-0.39, 0.29) is 17.2 Å². The fourth-order valence-electron chi connectivity index (χ4n) is 2.80. The molecule has 2 aromatic carbocycles. The van der Waals surface area contributed by atoms with Gasteiger partial charge in [-0.2, -0.15) is 0 Å². The van der Waals surface area contributed by atoms with E-state index in [9.17, 15) is 4.39 Å². The van der Waals surface area contributed by atoms with Crippen LogP contribution in [0.3, 0.4) is 0 Å². The Hall–Kier alpha value is -1.67. The lowest BCUT2D eigenvalue weighted by atomic mass is 9.81. The Morgan fingerprint density at radius 2 is 1.77 bits per heavy atom. The molecular formula is C20H26FN. The zero-order valence-electron chi connectivity index (χ0n) is 14.0. The number of rotatable bonds is 4. The molecule has 2 N–H and O–H groups in total. The van der Waals surface area contributed by atoms with Crippen molar-refractivity contribution < 1.29 is 4.39 Å². The standard InChI is InChI=1S/C20H26FN/c1-14-9-10-17(20(2,3)4)12-18(14)16(13-22)11-15-7-5-6-8-19(15)21/h5-10,12,16H,11,13,22H2,1-4H3. The zero-order valence-corrected chi connectivity index (χ0v) is 14.0. The molecule has 0 spiro atoms. The van der Waals surface area contributed by atoms with Gasteiger partial charge in [0.05, 0.1) is 0 Å². The summed E-state index contributed by atoms with van der Waals surface area (Å²) in [6.07, 6.45) is 0.637. The fourth-order valence-corrected chi connectivity index (χ4v) is 2.80. The Kier molecular flexibility index (Phi) is 5.02. The maximum atomic E-state index is 13.9. The first kappa shape index (κ1) is 16.7. The highest BCUT2D eigenvalue weighted by Crippen LogP contribution is 2.30. The molecule has 2 rings (SSSR count). The second-order valence-corrected chi connectivity index (χ2v) is 7.05. The average Bonchev–Trinajstić information content (AvgIpc) is 2.46. The van der Waals surface area contributed by atoms with Gasteiger partial charge in [0.2, 0.25) is 0 Å². The maximum absolute atomic E-state index is 13.9. The summed E-state index contributed by atoms with van der Waals surface area (Å²) in [6, 6.07) is 13.5. The van der Waals surface area contributed by atoms with Crippen LogP contribution in [0.15, 0.2) is 42.5 Å². The topological polar surface area (TPSA) is 26.0 Å². The molecule has 0 saturated carbocycles. The van der Waals surface area contributed by atoms with Crippen molar-refractivity contribution in [3.05, 3.63) is 70.5 Å². The van der Waals surface area contributed by atoms with E-state index >= 15 is 0 Å². The molecule has 0 fully saturated rings. The minimum Gasteiger partial charge on any atom is -0.330 e. The molecule has 0 aliphatic carbocycles. The predicted molar refractivity (Wildman–Crippen MR) is 91.8 cm³/mol. The number of benzene rings is 2. The van der Waals surface area contributed by atoms with E-state index in [1.54, 1.807) is 6.07 Å². The third-order valence-electron chi connectivity index (χ3n) is 4.29. The van der Waals surface area contributed by atoms with Crippen LogP contribution in [0.4, 0.5) is 4.39 Å². The van der Waals surface area contributed by atoms with Gasteiger partial charge in [-0.05, 0) is 53.6 Å². The normalized spacial score (nSPS) is 13.2. The van der Waals surface area contributed by atoms with Gasteiger partial charge in [-0.3, -0.25) is 0 Å². The molecule has 2 aromatic rings. The van der Waals surface area contributed by atoms with E-state index in [1.165, 1.54) is 22.8 Å². The summed E-state index contributed by atoms with van der Waals surface area (Å²) in [4.78, 5) is 0. The fraction of sp³-hybridized carbons (Fsp3) is 0.400. The molecule has 2 heteroatoms. The third kappa shape index (κ3) is 3.75. The van der Waals surface area contributed by atoms with Gasteiger partial charge in [0, 0.05) is 5.92 Å². The van der Waals surface area contributed by atoms with Crippen molar-refractivity contribution >= 4 is 0 Å². The van der Waals surface area contributed by atoms with Crippen LogP contribution in [-0.4, -0.2) is 6.54 Å². The highest BCUT2D eigenvalue weighted by Gasteiger charge is 2.19. The molecule has 0 aliphatic heterocycles. The summed E-state index contributed by atoms with van der Waals surface area (Å²) in [7, 11) is 0. The summed E-state index contributed by atoms with van der Waals surface area (Å²) in [5, 5.41) is 0. The Morgan fingerprint density at radius 3 is 2.36 bits per heavy atom. The van der Waals surface area contributed by atoms with Gasteiger partial charge in [0.25, 0.3) is 0 Å². The molecule has 1 nitrogen and oxygen atoms in total. The van der Waals surface area contributed by atoms with E-state index < -0.39 is 0 Å². The molecule has 1 unspecified atom stereocenters. The molecule has 0 heterocycles. The molecule has 1 atom stereocenters. The largest absolute Gasteiger partial charge is 0.330 e. The molecule has 0 saturated heterocycles. The van der Waals surface area contributed by atoms with E-state index in [4.69, 9.17) is 5.73 Å². The van der Waals surface area contributed by atoms with Gasteiger partial charge in [-0.1, -0.05) is 57.2 Å². The highest BCUT2D eigenvalue weighted by atomic mass is 19.1. The Morgan fingerprint density at radius 1 is 1.09 bits per heavy atom. The first-order valence-corrected chi connectivity index (χ1v) is 7.87. The average molecular weight is 299 g/mol. The number of hydrogen-bond donors (Lipinski definition) is 1. The van der Waals surface area contributed by atoms with Crippen LogP contribution in [0.5, 0.6) is 0 Å². The Bertz CT molecular complexity index is 640. The van der Waals surface area contributed by atoms with Crippen LogP contribution < -0.4 is 5.73 Å². The quantitative estimate of drug-likeness (QED) is 0.869. The van der Waals surface area contributed by atoms with Gasteiger partial charge in [0.15, 0.2) is 0 Å². The van der Waals surface area contributed by atoms with Crippen LogP contribution >= 0.6 is 0 Å². The first-order valence-electron chi connectivity index (χ1n) is 7.87. The van der Waals surface area contributed by atoms with Crippen molar-refractivity contribution in [2.24, 2.45) is 5.73 Å². The second-order valence-electron chi connectivity index (χ2n) is 7.05. The van der Waals surface area contributed by atoms with E-state index in [2.05, 4.69) is 45.9 Å². The Labute approximate surface area is 133 Å². The second kappa shape index (κ2) is 6.62. The summed E-state index contributed by atoms with van der Waals surface area (Å²) in [6.45, 7) is 9.23. The molecule has 0 aliphatic rings. The monoisotopic (exact) mass is 299 g/mol. The van der Waals surface area contributed by atoms with Gasteiger partial charge in [0.1, 0.15) is 5.82 Å². The minimum absolute atomic E-state index is 0.0968. The van der Waals surface area contributed by atoms with Crippen LogP contribution in [0.25, 0.3) is 0 Å². The van der Waals surface area contributed by atoms with Crippen LogP contribution in [0.1, 0.15) is 48.9 Å². The number of hydrogen-bond acceptors (Lipinski definition) is 1. The lowest BCUT2D eigenvalue weighted by Crippen LogP contribution is -2.18. The molecule has 0 amide bonds. The van der Waals surface area contributed by atoms with Crippen molar-refractivity contribution in [1.82, 2.24) is 0 Å². The molecule has 0 aromatic heterocycles. The van der Waals surface area contributed by atoms with Gasteiger partial charge in [-0.25, -0.2) is 4.39 Å². The van der Waals surface area contributed by atoms with Crippen molar-refractivity contribution in [3.8, 4) is 0 Å². The maximum Gasteiger partial charge on any atom is 0.126 e. The van der Waals surface area contributed by atoms with Crippen LogP contribution in [0.2, 0.25) is 0 Å². The third-order valence-corrected chi connectivity index (χ3v) is 4.29. The number of nitrogens with two attached hydrogens (primary N) is 1. The lowest BCUT2D eigenvalue weighted by Gasteiger charge is -2.24. The first-order chi connectivity index (χ1) is 10.3. The SMILES string of the molecule is Cc1ccc(C(C)(C)C)cc1C(CN)Cc1ccccc1F. The number of aryl methyl sites for hydroxylation is 1. The summed E-state index contributed by atoms with van der Waals surface area (Å²) in [5.74, 6) is -0.00946. The van der Waals surface area contributed by atoms with Gasteiger partial charge in [-0.15, -0.1) is 0 Å². The van der Waals surface area contributed by atoms with Crippen molar-refractivity contribution in [1.29, 1.82) is 0 Å². The highest BCUT2D eigenvalue weighted by molar-refractivity contribution is 5.38. The van der Waals surface area contributed by atoms with Gasteiger partial charge >= 0.3 is 0 Å². The molecule has 0 bridgehead atoms. The van der Waals surface area contributed by atoms with Crippen molar-refractivity contribution in [3.63, 3.8) is 0 Å². The van der Waals surface area contributed by atoms with Crippen LogP contribution in [-0.2, 0) is 11.8 Å². The smallest absolute Gasteiger partial charge is 0.126 e. The molecule has 22 heavy (non-hydrogen) atoms. The summed E-state index contributed by atoms with van der Waals surface area (Å²) >= 11 is 0. The summed E-state index contributed by atoms with van der Waals surface area (Å²) < 4.78 is 13.9. The van der Waals surface area contributed by atoms with Gasteiger partial charge < -0.3 is 5.73 Å². The molecular weight excluding hydrogens is 273 g/mol. The predicted octanol–water partition coefficient (Wildman–Crippen LogP) is 4.72. The molecule has 118 valence electrons. The minimum atomic E-state index is -0.148. The van der Waals surface area contributed by atoms with E-state index in [0.717, 1.165) is 5.56 Å². The van der Waals surface area contributed by atoms with Crippen molar-refractivity contribution in [2.75, 3.05) is 6.54 Å². The van der Waals surface area contributed by atoms with E-state index in [1.807, 2.05) is 12.1 Å². The Balaban J connectivity index is 2.37. The van der Waals surface area contributed by atoms with E-state index in [0.29, 0.717) is 13.0 Å². The lowest BCUT2D eigenvalue weighted by molar-refractivity contribution is 0.579. The zero-order chi connectivity index (χ0) is 16.3. The van der Waals surface area contributed by atoms with Crippen molar-refractivity contribution in [2.45, 2.75) is 45.4 Å². The number of halogens is 1. The van der Waals surface area contributed by atoms with Crippen LogP contribution in [0, 0.1) is 12.7 Å². The summed E-state index contributed by atoms with van der Waals surface area (Å²) in [5.41, 5.74) is 10.6. The molecule has 0 radical (unpaired) electrons.